The van der Waals surface area contributed by atoms with Gasteiger partial charge in [-0.1, -0.05) is 6.07 Å². The van der Waals surface area contributed by atoms with E-state index < -0.39 is 25.5 Å². The molecular formula is C27H27F2N3O8P+. The van der Waals surface area contributed by atoms with Crippen molar-refractivity contribution < 1.29 is 51.2 Å². The van der Waals surface area contributed by atoms with Gasteiger partial charge in [-0.15, -0.1) is 0 Å². The number of aromatic nitrogens is 2. The van der Waals surface area contributed by atoms with Gasteiger partial charge in [0.25, 0.3) is 12.2 Å². The van der Waals surface area contributed by atoms with Gasteiger partial charge in [0.2, 0.25) is 6.73 Å². The molecule has 41 heavy (non-hydrogen) atoms. The van der Waals surface area contributed by atoms with Crippen LogP contribution in [0.3, 0.4) is 0 Å². The summed E-state index contributed by atoms with van der Waals surface area (Å²) in [6, 6.07) is 8.19. The maximum absolute atomic E-state index is 14.0. The summed E-state index contributed by atoms with van der Waals surface area (Å²) in [6.07, 6.45) is 4.73. The quantitative estimate of drug-likeness (QED) is 0.317. The second kappa shape index (κ2) is 11.1. The van der Waals surface area contributed by atoms with Crippen molar-refractivity contribution in [3.63, 3.8) is 0 Å². The van der Waals surface area contributed by atoms with E-state index >= 15 is 0 Å². The van der Waals surface area contributed by atoms with Gasteiger partial charge in [-0.25, -0.2) is 22.4 Å². The second-order valence-electron chi connectivity index (χ2n) is 9.42. The average molecular weight is 590 g/mol. The first-order valence-corrected chi connectivity index (χ1v) is 13.9. The van der Waals surface area contributed by atoms with Gasteiger partial charge in [-0.05, 0) is 48.4 Å². The molecule has 2 aliphatic heterocycles. The van der Waals surface area contributed by atoms with Crippen LogP contribution in [0.25, 0.3) is 17.0 Å². The van der Waals surface area contributed by atoms with Gasteiger partial charge < -0.3 is 24.0 Å². The molecule has 2 N–H and O–H groups in total. The fraction of sp³-hybridized carbons (Fsp3) is 0.259. The molecule has 3 aromatic rings. The summed E-state index contributed by atoms with van der Waals surface area (Å²) >= 11 is 0. The van der Waals surface area contributed by atoms with Gasteiger partial charge in [0.05, 0.1) is 12.8 Å². The molecule has 14 heteroatoms. The molecule has 1 aromatic heterocycles. The summed E-state index contributed by atoms with van der Waals surface area (Å²) in [4.78, 5) is 32.5. The third-order valence-corrected chi connectivity index (χ3v) is 7.28. The first kappa shape index (κ1) is 28.5. The van der Waals surface area contributed by atoms with E-state index in [1.54, 1.807) is 30.1 Å². The standard InChI is InChI=1S/C27H26F2N3O8P/c1-16-10-30(14-31(16)15-40-41(34,35)36)22-7-5-18(9-25(22)37-3)17(2)27-24-12-38-11-23(32(24)26(33)13-39-27)19-4-6-20(28)21(29)8-19/h4-11,14,24H,12-13,15H2,1-3H3,(H-,34,35,36)/p+1/t24-/m1/s1. The van der Waals surface area contributed by atoms with Crippen LogP contribution < -0.4 is 9.30 Å². The van der Waals surface area contributed by atoms with Gasteiger partial charge in [0.15, 0.2) is 29.7 Å². The first-order chi connectivity index (χ1) is 19.5. The molecule has 0 unspecified atom stereocenters. The normalized spacial score (nSPS) is 18.3. The van der Waals surface area contributed by atoms with E-state index in [0.717, 1.165) is 17.7 Å². The zero-order valence-electron chi connectivity index (χ0n) is 22.3. The lowest BCUT2D eigenvalue weighted by molar-refractivity contribution is -0.596. The number of carbonyl (C=O) groups excluding carboxylic acids is 1. The number of nitrogens with zero attached hydrogens (tertiary/aromatic N) is 3. The van der Waals surface area contributed by atoms with E-state index in [1.165, 1.54) is 28.9 Å². The maximum Gasteiger partial charge on any atom is 0.472 e. The summed E-state index contributed by atoms with van der Waals surface area (Å²) < 4.78 is 63.7. The number of benzene rings is 2. The SMILES string of the molecule is COc1cc(C(C)=C2OCC(=O)N3C(c4ccc(F)c(F)c4)=COC[C@H]23)ccc1-[n+]1cc(C)n(COP(=O)(O)O)c1. The van der Waals surface area contributed by atoms with Gasteiger partial charge in [-0.2, -0.15) is 4.57 Å². The van der Waals surface area contributed by atoms with Gasteiger partial charge in [0.1, 0.15) is 36.6 Å². The molecule has 0 aliphatic carbocycles. The van der Waals surface area contributed by atoms with Crippen molar-refractivity contribution in [2.24, 2.45) is 0 Å². The molecule has 1 amide bonds. The molecule has 216 valence electrons. The molecule has 3 heterocycles. The average Bonchev–Trinajstić information content (AvgIpc) is 3.32. The van der Waals surface area contributed by atoms with Crippen LogP contribution in [0.2, 0.25) is 0 Å². The highest BCUT2D eigenvalue weighted by molar-refractivity contribution is 7.46. The van der Waals surface area contributed by atoms with E-state index in [4.69, 9.17) is 24.0 Å². The number of hydrogen-bond donors (Lipinski definition) is 2. The number of aryl methyl sites for hydroxylation is 1. The van der Waals surface area contributed by atoms with Crippen molar-refractivity contribution in [2.45, 2.75) is 26.6 Å². The molecule has 1 atom stereocenters. The Morgan fingerprint density at radius 2 is 1.98 bits per heavy atom. The van der Waals surface area contributed by atoms with Crippen molar-refractivity contribution in [2.75, 3.05) is 20.3 Å². The third-order valence-electron chi connectivity index (χ3n) is 6.83. The van der Waals surface area contributed by atoms with Crippen LogP contribution in [-0.2, 0) is 30.1 Å². The molecule has 0 bridgehead atoms. The zero-order valence-corrected chi connectivity index (χ0v) is 23.2. The Morgan fingerprint density at radius 3 is 2.68 bits per heavy atom. The largest absolute Gasteiger partial charge is 0.496 e. The van der Waals surface area contributed by atoms with Crippen LogP contribution in [0.15, 0.2) is 60.9 Å². The van der Waals surface area contributed by atoms with Crippen LogP contribution in [0, 0.1) is 18.6 Å². The Hall–Kier alpha value is -4.03. The highest BCUT2D eigenvalue weighted by Gasteiger charge is 2.40. The monoisotopic (exact) mass is 590 g/mol. The molecule has 1 fully saturated rings. The van der Waals surface area contributed by atoms with Crippen LogP contribution >= 0.6 is 7.82 Å². The minimum absolute atomic E-state index is 0.0974. The van der Waals surface area contributed by atoms with E-state index in [0.29, 0.717) is 34.2 Å². The number of morpholine rings is 1. The second-order valence-corrected chi connectivity index (χ2v) is 10.7. The number of phosphoric acid groups is 1. The Morgan fingerprint density at radius 1 is 1.20 bits per heavy atom. The Bertz CT molecular complexity index is 1630. The van der Waals surface area contributed by atoms with Crippen molar-refractivity contribution in [1.29, 1.82) is 0 Å². The topological polar surface area (TPSA) is 124 Å². The zero-order chi connectivity index (χ0) is 29.5. The minimum Gasteiger partial charge on any atom is -0.496 e. The van der Waals surface area contributed by atoms with Crippen molar-refractivity contribution >= 4 is 25.0 Å². The summed E-state index contributed by atoms with van der Waals surface area (Å²) in [5, 5.41) is 0. The minimum atomic E-state index is -4.64. The van der Waals surface area contributed by atoms with E-state index in [-0.39, 0.29) is 31.4 Å². The Balaban J connectivity index is 1.47. The van der Waals surface area contributed by atoms with Gasteiger partial charge in [-0.3, -0.25) is 9.69 Å². The number of hydrogen-bond acceptors (Lipinski definition) is 6. The lowest BCUT2D eigenvalue weighted by Gasteiger charge is -2.41. The van der Waals surface area contributed by atoms with Crippen LogP contribution in [0.1, 0.15) is 23.7 Å². The highest BCUT2D eigenvalue weighted by atomic mass is 31.2. The highest BCUT2D eigenvalue weighted by Crippen LogP contribution is 2.37. The van der Waals surface area contributed by atoms with E-state index in [9.17, 15) is 18.1 Å². The van der Waals surface area contributed by atoms with Gasteiger partial charge in [0, 0.05) is 12.5 Å². The van der Waals surface area contributed by atoms with E-state index in [2.05, 4.69) is 4.52 Å². The van der Waals surface area contributed by atoms with Crippen LogP contribution in [-0.4, -0.2) is 51.5 Å². The number of carbonyl (C=O) groups is 1. The lowest BCUT2D eigenvalue weighted by atomic mass is 9.98. The van der Waals surface area contributed by atoms with Gasteiger partial charge >= 0.3 is 7.82 Å². The number of phosphoric ester groups is 1. The Labute approximate surface area is 233 Å². The number of ether oxygens (including phenoxy) is 3. The maximum atomic E-state index is 14.0. The Kier molecular flexibility index (Phi) is 7.71. The predicted molar refractivity (Wildman–Crippen MR) is 140 cm³/mol. The van der Waals surface area contributed by atoms with Crippen LogP contribution in [0.5, 0.6) is 5.75 Å². The van der Waals surface area contributed by atoms with Crippen molar-refractivity contribution in [1.82, 2.24) is 9.47 Å². The number of fused-ring (bicyclic) bond motifs is 1. The predicted octanol–water partition coefficient (Wildman–Crippen LogP) is 3.41. The van der Waals surface area contributed by atoms with Crippen molar-refractivity contribution in [3.05, 3.63) is 89.4 Å². The molecule has 0 spiro atoms. The molecule has 5 rings (SSSR count). The van der Waals surface area contributed by atoms with E-state index in [1.807, 2.05) is 19.1 Å². The van der Waals surface area contributed by atoms with Crippen LogP contribution in [0.4, 0.5) is 8.78 Å². The molecule has 2 aromatic carbocycles. The molecule has 11 nitrogen and oxygen atoms in total. The number of imidazole rings is 1. The molecule has 0 saturated carbocycles. The fourth-order valence-corrected chi connectivity index (χ4v) is 5.04. The smallest absolute Gasteiger partial charge is 0.472 e. The summed E-state index contributed by atoms with van der Waals surface area (Å²) in [6.45, 7) is 3.10. The summed E-state index contributed by atoms with van der Waals surface area (Å²) in [5.41, 5.74) is 3.37. The first-order valence-electron chi connectivity index (χ1n) is 12.4. The lowest BCUT2D eigenvalue weighted by Crippen LogP contribution is -2.51. The molecular weight excluding hydrogens is 563 g/mol. The number of allylic oxidation sites excluding steroid dienone is 1. The van der Waals surface area contributed by atoms with Crippen molar-refractivity contribution in [3.8, 4) is 11.4 Å². The third kappa shape index (κ3) is 5.75. The summed E-state index contributed by atoms with van der Waals surface area (Å²) in [7, 11) is -3.13. The fourth-order valence-electron chi connectivity index (χ4n) is 4.77. The number of methoxy groups -OCH3 is 1. The molecule has 0 radical (unpaired) electrons. The number of halogens is 2. The molecule has 2 aliphatic rings. The molecule has 1 saturated heterocycles. The summed E-state index contributed by atoms with van der Waals surface area (Å²) in [5.74, 6) is -1.41. The number of rotatable bonds is 7. The number of amides is 1.